The molecule has 1 aliphatic heterocycles. The fraction of sp³-hybridized carbons (Fsp3) is 0.146. The van der Waals surface area contributed by atoms with Crippen LogP contribution in [0.4, 0.5) is 11.4 Å². The number of methoxy groups -OCH3 is 3. The van der Waals surface area contributed by atoms with Gasteiger partial charge in [0.25, 0.3) is 11.8 Å². The van der Waals surface area contributed by atoms with Gasteiger partial charge in [-0.15, -0.1) is 11.8 Å². The average molecular weight is 732 g/mol. The predicted molar refractivity (Wildman–Crippen MR) is 204 cm³/mol. The molecule has 53 heavy (non-hydrogen) atoms. The van der Waals surface area contributed by atoms with E-state index in [-0.39, 0.29) is 11.6 Å². The fourth-order valence-electron chi connectivity index (χ4n) is 5.44. The molecule has 6 rings (SSSR count). The maximum atomic E-state index is 13.8. The van der Waals surface area contributed by atoms with Gasteiger partial charge in [0.1, 0.15) is 29.9 Å². The molecule has 270 valence electrons. The normalized spacial score (nSPS) is 12.5. The summed E-state index contributed by atoms with van der Waals surface area (Å²) in [6.45, 7) is 0.918. The van der Waals surface area contributed by atoms with Crippen molar-refractivity contribution in [2.24, 2.45) is 0 Å². The third-order valence-electron chi connectivity index (χ3n) is 8.08. The molecule has 3 N–H and O–H groups in total. The standard InChI is InChI=1S/C41H37N3O8S/c1-48-34-25-36(50-3)35(49-2)23-28(34)22-32(44-39(45)27-12-8-5-9-13-27)40(46)42-29-14-17-31(18-15-29)53-38(26-10-6-4-7-11-26)41(47)43-30-16-19-33-37(24-30)52-21-20-51-33/h4-19,22-25,38H,20-21H2,1-3H3,(H,42,46)(H,43,47)(H,44,45)/b32-22-. The molecule has 0 radical (unpaired) electrons. The first-order valence-corrected chi connectivity index (χ1v) is 17.4. The zero-order chi connectivity index (χ0) is 37.2. The SMILES string of the molecule is COc1cc(OC)c(OC)cc1/C=C(\NC(=O)c1ccccc1)C(=O)Nc1ccc(SC(C(=O)Nc2ccc3c(c2)OCCO3)c2ccccc2)cc1. The minimum absolute atomic E-state index is 0.0391. The summed E-state index contributed by atoms with van der Waals surface area (Å²) in [5.41, 5.74) is 2.68. The van der Waals surface area contributed by atoms with Crippen molar-refractivity contribution in [2.75, 3.05) is 45.2 Å². The summed E-state index contributed by atoms with van der Waals surface area (Å²) in [5, 5.41) is 8.03. The maximum absolute atomic E-state index is 13.8. The van der Waals surface area contributed by atoms with E-state index in [1.165, 1.54) is 39.2 Å². The van der Waals surface area contributed by atoms with Gasteiger partial charge in [-0.25, -0.2) is 0 Å². The molecular weight excluding hydrogens is 695 g/mol. The fourth-order valence-corrected chi connectivity index (χ4v) is 6.47. The Kier molecular flexibility index (Phi) is 11.8. The molecule has 5 aromatic rings. The number of carbonyl (C=O) groups is 3. The first kappa shape index (κ1) is 36.4. The highest BCUT2D eigenvalue weighted by Gasteiger charge is 2.24. The van der Waals surface area contributed by atoms with Gasteiger partial charge in [0.05, 0.1) is 21.3 Å². The molecule has 1 heterocycles. The second-order valence-corrected chi connectivity index (χ2v) is 12.7. The van der Waals surface area contributed by atoms with Gasteiger partial charge < -0.3 is 39.6 Å². The molecule has 1 unspecified atom stereocenters. The van der Waals surface area contributed by atoms with E-state index < -0.39 is 17.1 Å². The van der Waals surface area contributed by atoms with Crippen LogP contribution in [0, 0.1) is 0 Å². The molecule has 0 saturated heterocycles. The summed E-state index contributed by atoms with van der Waals surface area (Å²) in [7, 11) is 4.50. The van der Waals surface area contributed by atoms with Crippen molar-refractivity contribution >= 4 is 46.9 Å². The molecule has 0 aliphatic carbocycles. The lowest BCUT2D eigenvalue weighted by Gasteiger charge is -2.20. The molecule has 0 bridgehead atoms. The zero-order valence-electron chi connectivity index (χ0n) is 29.2. The van der Waals surface area contributed by atoms with E-state index in [4.69, 9.17) is 23.7 Å². The summed E-state index contributed by atoms with van der Waals surface area (Å²) >= 11 is 1.37. The van der Waals surface area contributed by atoms with Crippen LogP contribution in [0.25, 0.3) is 6.08 Å². The molecule has 0 spiro atoms. The minimum Gasteiger partial charge on any atom is -0.496 e. The van der Waals surface area contributed by atoms with E-state index in [9.17, 15) is 14.4 Å². The van der Waals surface area contributed by atoms with Crippen molar-refractivity contribution in [3.8, 4) is 28.7 Å². The van der Waals surface area contributed by atoms with Crippen LogP contribution >= 0.6 is 11.8 Å². The topological polar surface area (TPSA) is 133 Å². The number of rotatable bonds is 13. The Hall–Kier alpha value is -6.40. The third-order valence-corrected chi connectivity index (χ3v) is 9.35. The van der Waals surface area contributed by atoms with E-state index >= 15 is 0 Å². The molecular formula is C41H37N3O8S. The molecule has 0 saturated carbocycles. The Morgan fingerprint density at radius 2 is 1.30 bits per heavy atom. The number of ether oxygens (including phenoxy) is 5. The van der Waals surface area contributed by atoms with E-state index in [1.54, 1.807) is 72.8 Å². The molecule has 11 nitrogen and oxygen atoms in total. The zero-order valence-corrected chi connectivity index (χ0v) is 30.0. The minimum atomic E-state index is -0.593. The van der Waals surface area contributed by atoms with Crippen molar-refractivity contribution in [1.29, 1.82) is 0 Å². The summed E-state index contributed by atoms with van der Waals surface area (Å²) in [6, 6.07) is 33.7. The van der Waals surface area contributed by atoms with Crippen molar-refractivity contribution in [2.45, 2.75) is 10.1 Å². The Bertz CT molecular complexity index is 2110. The van der Waals surface area contributed by atoms with E-state index in [2.05, 4.69) is 16.0 Å². The van der Waals surface area contributed by atoms with Gasteiger partial charge in [-0.2, -0.15) is 0 Å². The van der Waals surface area contributed by atoms with E-state index in [0.717, 1.165) is 10.5 Å². The number of anilines is 2. The van der Waals surface area contributed by atoms with Gasteiger partial charge in [-0.05, 0) is 66.2 Å². The van der Waals surface area contributed by atoms with Crippen LogP contribution < -0.4 is 39.6 Å². The van der Waals surface area contributed by atoms with Crippen LogP contribution in [-0.2, 0) is 9.59 Å². The monoisotopic (exact) mass is 731 g/mol. The van der Waals surface area contributed by atoms with E-state index in [0.29, 0.717) is 64.5 Å². The maximum Gasteiger partial charge on any atom is 0.272 e. The predicted octanol–water partition coefficient (Wildman–Crippen LogP) is 7.37. The summed E-state index contributed by atoms with van der Waals surface area (Å²) in [5.74, 6) is 1.20. The van der Waals surface area contributed by atoms with Gasteiger partial charge in [-0.3, -0.25) is 14.4 Å². The molecule has 1 aliphatic rings. The highest BCUT2D eigenvalue weighted by atomic mass is 32.2. The van der Waals surface area contributed by atoms with Crippen LogP contribution in [0.15, 0.2) is 126 Å². The van der Waals surface area contributed by atoms with Crippen molar-refractivity contribution < 1.29 is 38.1 Å². The molecule has 0 aromatic heterocycles. The highest BCUT2D eigenvalue weighted by Crippen LogP contribution is 2.39. The largest absolute Gasteiger partial charge is 0.496 e. The van der Waals surface area contributed by atoms with E-state index in [1.807, 2.05) is 42.5 Å². The smallest absolute Gasteiger partial charge is 0.272 e. The average Bonchev–Trinajstić information content (AvgIpc) is 3.20. The summed E-state index contributed by atoms with van der Waals surface area (Å²) < 4.78 is 27.7. The molecule has 12 heteroatoms. The number of hydrogen-bond donors (Lipinski definition) is 3. The van der Waals surface area contributed by atoms with Crippen LogP contribution in [0.2, 0.25) is 0 Å². The third kappa shape index (κ3) is 9.10. The van der Waals surface area contributed by atoms with Crippen molar-refractivity contribution in [3.63, 3.8) is 0 Å². The van der Waals surface area contributed by atoms with Crippen molar-refractivity contribution in [3.05, 3.63) is 138 Å². The second kappa shape index (κ2) is 17.2. The molecule has 1 atom stereocenters. The Morgan fingerprint density at radius 1 is 0.679 bits per heavy atom. The van der Waals surface area contributed by atoms with Crippen LogP contribution in [-0.4, -0.2) is 52.3 Å². The highest BCUT2D eigenvalue weighted by molar-refractivity contribution is 8.00. The van der Waals surface area contributed by atoms with Gasteiger partial charge in [0.15, 0.2) is 23.0 Å². The van der Waals surface area contributed by atoms with Gasteiger partial charge in [0, 0.05) is 39.5 Å². The molecule has 3 amide bonds. The lowest BCUT2D eigenvalue weighted by atomic mass is 10.1. The number of fused-ring (bicyclic) bond motifs is 1. The van der Waals surface area contributed by atoms with Crippen molar-refractivity contribution in [1.82, 2.24) is 5.32 Å². The van der Waals surface area contributed by atoms with Gasteiger partial charge in [-0.1, -0.05) is 48.5 Å². The number of hydrogen-bond acceptors (Lipinski definition) is 9. The Balaban J connectivity index is 1.22. The van der Waals surface area contributed by atoms with Crippen LogP contribution in [0.3, 0.4) is 0 Å². The van der Waals surface area contributed by atoms with Gasteiger partial charge in [0.2, 0.25) is 5.91 Å². The first-order chi connectivity index (χ1) is 25.8. The van der Waals surface area contributed by atoms with Gasteiger partial charge >= 0.3 is 0 Å². The van der Waals surface area contributed by atoms with Crippen LogP contribution in [0.5, 0.6) is 28.7 Å². The quantitative estimate of drug-likeness (QED) is 0.0839. The number of amides is 3. The van der Waals surface area contributed by atoms with Crippen LogP contribution in [0.1, 0.15) is 26.7 Å². The molecule has 5 aromatic carbocycles. The Labute approximate surface area is 311 Å². The number of benzene rings is 5. The summed E-state index contributed by atoms with van der Waals surface area (Å²) in [6.07, 6.45) is 1.51. The number of carbonyl (C=O) groups excluding carboxylic acids is 3. The first-order valence-electron chi connectivity index (χ1n) is 16.6. The second-order valence-electron chi connectivity index (χ2n) is 11.6. The number of thioether (sulfide) groups is 1. The molecule has 0 fully saturated rings. The summed E-state index contributed by atoms with van der Waals surface area (Å²) in [4.78, 5) is 41.5. The Morgan fingerprint density at radius 3 is 1.98 bits per heavy atom. The lowest BCUT2D eigenvalue weighted by molar-refractivity contribution is -0.116. The lowest BCUT2D eigenvalue weighted by Crippen LogP contribution is -2.30. The number of nitrogens with one attached hydrogen (secondary N) is 3.